The molecule has 5 rings (SSSR count). The number of carbonyl (C=O) groups is 1. The summed E-state index contributed by atoms with van der Waals surface area (Å²) in [7, 11) is 0. The number of fused-ring (bicyclic) bond motifs is 1. The number of rotatable bonds is 7. The highest BCUT2D eigenvalue weighted by Crippen LogP contribution is 2.30. The number of amides is 1. The van der Waals surface area contributed by atoms with Crippen molar-refractivity contribution in [1.82, 2.24) is 20.2 Å². The molecule has 0 aliphatic rings. The van der Waals surface area contributed by atoms with E-state index in [1.54, 1.807) is 0 Å². The first-order valence-corrected chi connectivity index (χ1v) is 14.3. The summed E-state index contributed by atoms with van der Waals surface area (Å²) >= 11 is 1.34. The zero-order valence-electron chi connectivity index (χ0n) is 23.5. The molecule has 1 amide bonds. The number of carbonyl (C=O) groups excluding carboxylic acids is 1. The number of aromatic nitrogens is 3. The van der Waals surface area contributed by atoms with E-state index in [4.69, 9.17) is 0 Å². The predicted molar refractivity (Wildman–Crippen MR) is 165 cm³/mol. The first-order chi connectivity index (χ1) is 19.2. The Morgan fingerprint density at radius 1 is 0.900 bits per heavy atom. The molecule has 0 aliphatic heterocycles. The third-order valence-electron chi connectivity index (χ3n) is 6.79. The highest BCUT2D eigenvalue weighted by Gasteiger charge is 2.19. The minimum atomic E-state index is -0.209. The SMILES string of the molecule is C/C(=N\NC(=O)CSc1nnc(-c2ccc(C(C)(C)C)cc2)n1-c1ccc(C)cc1)c1cccc2ccccc12. The fraction of sp³-hybridized carbons (Fsp3) is 0.212. The van der Waals surface area contributed by atoms with Crippen LogP contribution in [0, 0.1) is 6.92 Å². The first-order valence-electron chi connectivity index (χ1n) is 13.3. The molecule has 0 saturated heterocycles. The lowest BCUT2D eigenvalue weighted by molar-refractivity contribution is -0.118. The summed E-state index contributed by atoms with van der Waals surface area (Å²) in [4.78, 5) is 12.8. The molecule has 0 atom stereocenters. The molecule has 1 N–H and O–H groups in total. The normalized spacial score (nSPS) is 12.1. The second-order valence-electron chi connectivity index (χ2n) is 10.9. The molecule has 202 valence electrons. The van der Waals surface area contributed by atoms with Gasteiger partial charge in [-0.05, 0) is 47.7 Å². The minimum Gasteiger partial charge on any atom is -0.272 e. The van der Waals surface area contributed by atoms with Gasteiger partial charge in [-0.2, -0.15) is 5.10 Å². The van der Waals surface area contributed by atoms with Gasteiger partial charge in [0.25, 0.3) is 5.91 Å². The maximum atomic E-state index is 12.8. The highest BCUT2D eigenvalue weighted by molar-refractivity contribution is 7.99. The van der Waals surface area contributed by atoms with Gasteiger partial charge in [0.2, 0.25) is 0 Å². The maximum Gasteiger partial charge on any atom is 0.250 e. The number of hydrogen-bond donors (Lipinski definition) is 1. The van der Waals surface area contributed by atoms with Crippen LogP contribution >= 0.6 is 11.8 Å². The fourth-order valence-corrected chi connectivity index (χ4v) is 5.25. The van der Waals surface area contributed by atoms with Gasteiger partial charge in [-0.1, -0.05) is 117 Å². The lowest BCUT2D eigenvalue weighted by Crippen LogP contribution is -2.21. The molecule has 40 heavy (non-hydrogen) atoms. The van der Waals surface area contributed by atoms with Crippen molar-refractivity contribution >= 4 is 34.2 Å². The van der Waals surface area contributed by atoms with E-state index in [0.717, 1.165) is 39.1 Å². The second-order valence-corrected chi connectivity index (χ2v) is 11.8. The van der Waals surface area contributed by atoms with Crippen molar-refractivity contribution < 1.29 is 4.79 Å². The van der Waals surface area contributed by atoms with Gasteiger partial charge < -0.3 is 0 Å². The van der Waals surface area contributed by atoms with Crippen LogP contribution < -0.4 is 5.43 Å². The Hall–Kier alpha value is -4.23. The van der Waals surface area contributed by atoms with E-state index in [0.29, 0.717) is 5.16 Å². The van der Waals surface area contributed by atoms with Crippen LogP contribution in [-0.4, -0.2) is 32.1 Å². The van der Waals surface area contributed by atoms with Gasteiger partial charge in [0.05, 0.1) is 11.5 Å². The van der Waals surface area contributed by atoms with Gasteiger partial charge in [-0.15, -0.1) is 10.2 Å². The first kappa shape index (κ1) is 27.3. The number of nitrogens with one attached hydrogen (secondary N) is 1. The van der Waals surface area contributed by atoms with Crippen molar-refractivity contribution in [3.63, 3.8) is 0 Å². The van der Waals surface area contributed by atoms with Crippen LogP contribution in [-0.2, 0) is 10.2 Å². The Bertz CT molecular complexity index is 1670. The Balaban J connectivity index is 1.36. The van der Waals surface area contributed by atoms with Crippen molar-refractivity contribution in [2.75, 3.05) is 5.75 Å². The quantitative estimate of drug-likeness (QED) is 0.132. The van der Waals surface area contributed by atoms with Gasteiger partial charge in [0, 0.05) is 16.8 Å². The Morgan fingerprint density at radius 2 is 1.60 bits per heavy atom. The summed E-state index contributed by atoms with van der Waals surface area (Å²) in [6.45, 7) is 10.6. The molecule has 7 heteroatoms. The Labute approximate surface area is 239 Å². The van der Waals surface area contributed by atoms with E-state index in [-0.39, 0.29) is 17.1 Å². The fourth-order valence-electron chi connectivity index (χ4n) is 4.51. The zero-order valence-corrected chi connectivity index (χ0v) is 24.3. The summed E-state index contributed by atoms with van der Waals surface area (Å²) in [6, 6.07) is 30.9. The molecule has 0 spiro atoms. The highest BCUT2D eigenvalue weighted by atomic mass is 32.2. The van der Waals surface area contributed by atoms with Crippen LogP contribution in [0.25, 0.3) is 27.8 Å². The number of thioether (sulfide) groups is 1. The molecule has 0 saturated carbocycles. The lowest BCUT2D eigenvalue weighted by Gasteiger charge is -2.19. The van der Waals surface area contributed by atoms with Crippen molar-refractivity contribution in [2.24, 2.45) is 5.10 Å². The van der Waals surface area contributed by atoms with E-state index in [1.807, 2.05) is 47.9 Å². The van der Waals surface area contributed by atoms with Gasteiger partial charge >= 0.3 is 0 Å². The molecule has 6 nitrogen and oxygen atoms in total. The number of aryl methyl sites for hydroxylation is 1. The topological polar surface area (TPSA) is 72.2 Å². The van der Waals surface area contributed by atoms with Crippen molar-refractivity contribution in [3.05, 3.63) is 108 Å². The Morgan fingerprint density at radius 3 is 2.33 bits per heavy atom. The van der Waals surface area contributed by atoms with Crippen molar-refractivity contribution in [2.45, 2.75) is 45.2 Å². The van der Waals surface area contributed by atoms with Crippen LogP contribution in [0.2, 0.25) is 0 Å². The second kappa shape index (κ2) is 11.5. The molecule has 1 heterocycles. The molecule has 0 aliphatic carbocycles. The zero-order chi connectivity index (χ0) is 28.3. The van der Waals surface area contributed by atoms with Gasteiger partial charge in [0.1, 0.15) is 0 Å². The van der Waals surface area contributed by atoms with Crippen LogP contribution in [0.15, 0.2) is 101 Å². The van der Waals surface area contributed by atoms with Crippen molar-refractivity contribution in [3.8, 4) is 17.1 Å². The van der Waals surface area contributed by atoms with Crippen LogP contribution in [0.4, 0.5) is 0 Å². The number of hydrazone groups is 1. The molecular formula is C33H33N5OS. The van der Waals surface area contributed by atoms with Crippen LogP contribution in [0.1, 0.15) is 44.4 Å². The third-order valence-corrected chi connectivity index (χ3v) is 7.72. The number of benzene rings is 4. The standard InChI is InChI=1S/C33H33N5OS/c1-22-13-19-27(20-14-22)38-31(25-15-17-26(18-16-25)33(3,4)5)36-37-32(38)40-21-30(39)35-34-23(2)28-12-8-10-24-9-6-7-11-29(24)28/h6-20H,21H2,1-5H3,(H,35,39)/b34-23+. The van der Waals surface area contributed by atoms with Gasteiger partial charge in [0.15, 0.2) is 11.0 Å². The van der Waals surface area contributed by atoms with Crippen LogP contribution in [0.5, 0.6) is 0 Å². The van der Waals surface area contributed by atoms with E-state index < -0.39 is 0 Å². The van der Waals surface area contributed by atoms with E-state index in [9.17, 15) is 4.79 Å². The van der Waals surface area contributed by atoms with E-state index in [1.165, 1.54) is 22.9 Å². The molecule has 5 aromatic rings. The predicted octanol–water partition coefficient (Wildman–Crippen LogP) is 7.33. The molecular weight excluding hydrogens is 514 g/mol. The summed E-state index contributed by atoms with van der Waals surface area (Å²) in [6.07, 6.45) is 0. The molecule has 0 bridgehead atoms. The molecule has 1 aromatic heterocycles. The molecule has 4 aromatic carbocycles. The number of nitrogens with zero attached hydrogens (tertiary/aromatic N) is 4. The summed E-state index contributed by atoms with van der Waals surface area (Å²) < 4.78 is 2.01. The van der Waals surface area contributed by atoms with E-state index >= 15 is 0 Å². The smallest absolute Gasteiger partial charge is 0.250 e. The molecule has 0 fully saturated rings. The van der Waals surface area contributed by atoms with Gasteiger partial charge in [-0.3, -0.25) is 9.36 Å². The summed E-state index contributed by atoms with van der Waals surface area (Å²) in [5.41, 5.74) is 8.84. The minimum absolute atomic E-state index is 0.0615. The van der Waals surface area contributed by atoms with Crippen LogP contribution in [0.3, 0.4) is 0 Å². The maximum absolute atomic E-state index is 12.8. The van der Waals surface area contributed by atoms with Gasteiger partial charge in [-0.25, -0.2) is 5.43 Å². The van der Waals surface area contributed by atoms with Crippen molar-refractivity contribution in [1.29, 1.82) is 0 Å². The molecule has 0 unspecified atom stereocenters. The summed E-state index contributed by atoms with van der Waals surface area (Å²) in [5.74, 6) is 0.676. The Kier molecular flexibility index (Phi) is 7.85. The average molecular weight is 548 g/mol. The monoisotopic (exact) mass is 547 g/mol. The lowest BCUT2D eigenvalue weighted by atomic mass is 9.87. The third kappa shape index (κ3) is 6.00. The summed E-state index contributed by atoms with van der Waals surface area (Å²) in [5, 5.41) is 16.3. The largest absolute Gasteiger partial charge is 0.272 e. The molecule has 0 radical (unpaired) electrons. The average Bonchev–Trinajstić information content (AvgIpc) is 3.38. The number of hydrogen-bond acceptors (Lipinski definition) is 5. The van der Waals surface area contributed by atoms with E-state index in [2.05, 4.69) is 103 Å².